The summed E-state index contributed by atoms with van der Waals surface area (Å²) in [7, 11) is 0. The van der Waals surface area contributed by atoms with Crippen LogP contribution in [0, 0.1) is 11.8 Å². The molecule has 8 heteroatoms. The molecule has 46 heavy (non-hydrogen) atoms. The molecule has 1 N–H and O–H groups in total. The third-order valence-corrected chi connectivity index (χ3v) is 8.13. The quantitative estimate of drug-likeness (QED) is 0.117. The van der Waals surface area contributed by atoms with Crippen LogP contribution in [0.2, 0.25) is 0 Å². The molecule has 0 fully saturated rings. The molecule has 4 rings (SSSR count). The smallest absolute Gasteiger partial charge is 0.223 e. The average molecular weight is 620 g/mol. The summed E-state index contributed by atoms with van der Waals surface area (Å²) in [6, 6.07) is 28.8. The fourth-order valence-corrected chi connectivity index (χ4v) is 5.50. The minimum Gasteiger partial charge on any atom is -0.346 e. The van der Waals surface area contributed by atoms with Crippen LogP contribution in [-0.4, -0.2) is 44.9 Å². The second kappa shape index (κ2) is 16.9. The second-order valence-electron chi connectivity index (χ2n) is 11.6. The van der Waals surface area contributed by atoms with Crippen molar-refractivity contribution in [1.29, 1.82) is 0 Å². The molecular formula is C38H41N3O5. The summed E-state index contributed by atoms with van der Waals surface area (Å²) in [4.78, 5) is 67.0. The van der Waals surface area contributed by atoms with Crippen molar-refractivity contribution in [3.05, 3.63) is 126 Å². The number of rotatable bonds is 18. The number of hydrogen-bond donors (Lipinski definition) is 1. The van der Waals surface area contributed by atoms with Crippen LogP contribution in [0.3, 0.4) is 0 Å². The second-order valence-corrected chi connectivity index (χ2v) is 11.6. The van der Waals surface area contributed by atoms with Crippen molar-refractivity contribution < 1.29 is 24.0 Å². The zero-order valence-corrected chi connectivity index (χ0v) is 26.4. The lowest BCUT2D eigenvalue weighted by Gasteiger charge is -2.23. The van der Waals surface area contributed by atoms with Crippen LogP contribution in [0.5, 0.6) is 0 Å². The van der Waals surface area contributed by atoms with Gasteiger partial charge in [0.2, 0.25) is 11.7 Å². The van der Waals surface area contributed by atoms with E-state index in [1.807, 2.05) is 97.9 Å². The third kappa shape index (κ3) is 9.76. The summed E-state index contributed by atoms with van der Waals surface area (Å²) >= 11 is 0. The Balaban J connectivity index is 1.50. The molecule has 0 aliphatic rings. The van der Waals surface area contributed by atoms with Crippen molar-refractivity contribution in [2.75, 3.05) is 0 Å². The van der Waals surface area contributed by atoms with Gasteiger partial charge in [0.05, 0.1) is 6.04 Å². The molecule has 0 radical (unpaired) electrons. The third-order valence-electron chi connectivity index (χ3n) is 8.13. The van der Waals surface area contributed by atoms with Crippen LogP contribution < -0.4 is 5.32 Å². The van der Waals surface area contributed by atoms with Gasteiger partial charge in [0.1, 0.15) is 5.69 Å². The predicted molar refractivity (Wildman–Crippen MR) is 176 cm³/mol. The number of aryl methyl sites for hydroxylation is 2. The predicted octanol–water partition coefficient (Wildman–Crippen LogP) is 5.43. The molecule has 1 aromatic heterocycles. The van der Waals surface area contributed by atoms with Gasteiger partial charge in [0, 0.05) is 43.8 Å². The van der Waals surface area contributed by atoms with Crippen LogP contribution in [0.25, 0.3) is 0 Å². The normalized spacial score (nSPS) is 12.9. The van der Waals surface area contributed by atoms with Crippen LogP contribution in [-0.2, 0) is 45.0 Å². The fraction of sp³-hybridized carbons (Fsp3) is 0.316. The zero-order valence-electron chi connectivity index (χ0n) is 26.4. The van der Waals surface area contributed by atoms with Gasteiger partial charge in [-0.25, -0.2) is 0 Å². The number of nitrogens with one attached hydrogen (secondary N) is 1. The molecule has 0 aliphatic carbocycles. The van der Waals surface area contributed by atoms with E-state index in [1.165, 1.54) is 0 Å². The van der Waals surface area contributed by atoms with E-state index in [2.05, 4.69) is 10.4 Å². The van der Waals surface area contributed by atoms with Gasteiger partial charge >= 0.3 is 0 Å². The minimum absolute atomic E-state index is 0.0468. The highest BCUT2D eigenvalue weighted by molar-refractivity contribution is 6.38. The van der Waals surface area contributed by atoms with Gasteiger partial charge in [-0.3, -0.25) is 28.7 Å². The fourth-order valence-electron chi connectivity index (χ4n) is 5.50. The summed E-state index contributed by atoms with van der Waals surface area (Å²) in [6.45, 7) is 4.06. The van der Waals surface area contributed by atoms with Gasteiger partial charge < -0.3 is 5.32 Å². The number of Topliss-reactive ketones (excluding diaryl/α,β-unsaturated/α-hetero) is 4. The Bertz CT molecular complexity index is 1620. The topological polar surface area (TPSA) is 115 Å². The molecule has 0 spiro atoms. The number of aromatic nitrogens is 2. The maximum absolute atomic E-state index is 13.9. The Morgan fingerprint density at radius 2 is 1.30 bits per heavy atom. The zero-order chi connectivity index (χ0) is 32.9. The molecule has 3 atom stereocenters. The standard InChI is InChI=1S/C38H41N3O5/c1-3-41-33(21-22-39-41)36(44)23-27(2)38(46)40-32(25-30-17-11-6-12-18-30)35(43)26-31(24-29-15-9-5-10-16-29)37(45)34(42)20-19-28-13-7-4-8-14-28/h4-18,21-22,27,31-32H,3,19-20,23-26H2,1-2H3,(H,40,46)/t27-,31-,32+/m1/s1. The van der Waals surface area contributed by atoms with E-state index in [1.54, 1.807) is 23.9 Å². The molecule has 238 valence electrons. The Morgan fingerprint density at radius 3 is 1.89 bits per heavy atom. The van der Waals surface area contributed by atoms with E-state index >= 15 is 0 Å². The number of benzene rings is 3. The van der Waals surface area contributed by atoms with Crippen LogP contribution >= 0.6 is 0 Å². The molecule has 0 saturated heterocycles. The monoisotopic (exact) mass is 619 g/mol. The number of ketones is 4. The number of carbonyl (C=O) groups excluding carboxylic acids is 5. The van der Waals surface area contributed by atoms with E-state index in [0.29, 0.717) is 18.7 Å². The molecule has 0 saturated carbocycles. The summed E-state index contributed by atoms with van der Waals surface area (Å²) in [6.07, 6.45) is 2.22. The van der Waals surface area contributed by atoms with Gasteiger partial charge in [-0.1, -0.05) is 97.9 Å². The summed E-state index contributed by atoms with van der Waals surface area (Å²) in [5, 5.41) is 7.01. The van der Waals surface area contributed by atoms with E-state index < -0.39 is 35.4 Å². The lowest BCUT2D eigenvalue weighted by atomic mass is 9.85. The Labute approximate surface area is 270 Å². The molecule has 3 aromatic carbocycles. The van der Waals surface area contributed by atoms with Crippen molar-refractivity contribution in [2.45, 2.75) is 65.0 Å². The highest BCUT2D eigenvalue weighted by atomic mass is 16.2. The Hall–Kier alpha value is -4.98. The molecule has 4 aromatic rings. The number of amides is 1. The molecule has 8 nitrogen and oxygen atoms in total. The van der Waals surface area contributed by atoms with E-state index in [9.17, 15) is 24.0 Å². The van der Waals surface area contributed by atoms with Crippen LogP contribution in [0.4, 0.5) is 0 Å². The minimum atomic E-state index is -0.945. The molecule has 1 amide bonds. The maximum atomic E-state index is 13.9. The molecule has 0 aliphatic heterocycles. The first kappa shape index (κ1) is 33.9. The average Bonchev–Trinajstić information content (AvgIpc) is 3.57. The van der Waals surface area contributed by atoms with E-state index in [-0.39, 0.29) is 43.7 Å². The van der Waals surface area contributed by atoms with Gasteiger partial charge in [-0.2, -0.15) is 5.10 Å². The maximum Gasteiger partial charge on any atom is 0.223 e. The first-order valence-corrected chi connectivity index (χ1v) is 15.8. The molecule has 0 bridgehead atoms. The van der Waals surface area contributed by atoms with Crippen LogP contribution in [0.1, 0.15) is 60.3 Å². The van der Waals surface area contributed by atoms with Crippen molar-refractivity contribution in [3.8, 4) is 0 Å². The SMILES string of the molecule is CCn1nccc1C(=O)C[C@@H](C)C(=O)N[C@@H](Cc1ccccc1)C(=O)C[C@@H](Cc1ccccc1)C(=O)C(=O)CCc1ccccc1. The highest BCUT2D eigenvalue weighted by Gasteiger charge is 2.32. The van der Waals surface area contributed by atoms with E-state index in [4.69, 9.17) is 0 Å². The summed E-state index contributed by atoms with van der Waals surface area (Å²) in [5.41, 5.74) is 3.06. The summed E-state index contributed by atoms with van der Waals surface area (Å²) in [5.74, 6) is -3.67. The van der Waals surface area contributed by atoms with Crippen molar-refractivity contribution in [1.82, 2.24) is 15.1 Å². The van der Waals surface area contributed by atoms with Gasteiger partial charge in [-0.05, 0) is 48.9 Å². The van der Waals surface area contributed by atoms with Crippen molar-refractivity contribution in [3.63, 3.8) is 0 Å². The molecule has 1 heterocycles. The first-order chi connectivity index (χ1) is 22.2. The summed E-state index contributed by atoms with van der Waals surface area (Å²) < 4.78 is 1.58. The molecular weight excluding hydrogens is 578 g/mol. The van der Waals surface area contributed by atoms with Crippen molar-refractivity contribution >= 4 is 29.0 Å². The molecule has 0 unspecified atom stereocenters. The van der Waals surface area contributed by atoms with Gasteiger partial charge in [0.25, 0.3) is 0 Å². The van der Waals surface area contributed by atoms with Crippen LogP contribution in [0.15, 0.2) is 103 Å². The largest absolute Gasteiger partial charge is 0.346 e. The Morgan fingerprint density at radius 1 is 0.739 bits per heavy atom. The highest BCUT2D eigenvalue weighted by Crippen LogP contribution is 2.19. The van der Waals surface area contributed by atoms with Gasteiger partial charge in [-0.15, -0.1) is 0 Å². The first-order valence-electron chi connectivity index (χ1n) is 15.8. The Kier molecular flexibility index (Phi) is 12.5. The number of hydrogen-bond acceptors (Lipinski definition) is 6. The van der Waals surface area contributed by atoms with Gasteiger partial charge in [0.15, 0.2) is 17.3 Å². The number of nitrogens with zero attached hydrogens (tertiary/aromatic N) is 2. The lowest BCUT2D eigenvalue weighted by molar-refractivity contribution is -0.140. The van der Waals surface area contributed by atoms with E-state index in [0.717, 1.165) is 16.7 Å². The van der Waals surface area contributed by atoms with Crippen molar-refractivity contribution in [2.24, 2.45) is 11.8 Å². The number of carbonyl (C=O) groups is 5. The lowest BCUT2D eigenvalue weighted by Crippen LogP contribution is -2.46.